The van der Waals surface area contributed by atoms with Crippen LogP contribution in [0.5, 0.6) is 0 Å². The van der Waals surface area contributed by atoms with Crippen molar-refractivity contribution >= 4 is 0 Å². The molecule has 0 unspecified atom stereocenters. The Labute approximate surface area is 79.2 Å². The molecule has 0 amide bonds. The lowest BCUT2D eigenvalue weighted by Crippen LogP contribution is -2.23. The number of hydrogen-bond donors (Lipinski definition) is 1. The van der Waals surface area contributed by atoms with Crippen molar-refractivity contribution in [2.45, 2.75) is 12.8 Å². The van der Waals surface area contributed by atoms with Gasteiger partial charge in [-0.25, -0.2) is 0 Å². The summed E-state index contributed by atoms with van der Waals surface area (Å²) in [5.41, 5.74) is 3.18. The summed E-state index contributed by atoms with van der Waals surface area (Å²) < 4.78 is 0. The maximum atomic E-state index is 3.50. The van der Waals surface area contributed by atoms with Crippen molar-refractivity contribution in [2.75, 3.05) is 13.1 Å². The molecule has 1 aromatic rings. The molecule has 1 fully saturated rings. The van der Waals surface area contributed by atoms with Crippen molar-refractivity contribution in [3.05, 3.63) is 35.4 Å². The molecule has 0 radical (unpaired) electrons. The second-order valence-electron chi connectivity index (χ2n) is 4.36. The van der Waals surface area contributed by atoms with Gasteiger partial charge in [0.05, 0.1) is 0 Å². The first kappa shape index (κ1) is 7.57. The molecule has 0 bridgehead atoms. The molecular formula is C12H15N. The van der Waals surface area contributed by atoms with Crippen LogP contribution in [0.15, 0.2) is 24.3 Å². The van der Waals surface area contributed by atoms with E-state index in [1.807, 2.05) is 0 Å². The Bertz CT molecular complexity index is 288. The van der Waals surface area contributed by atoms with Gasteiger partial charge in [0.2, 0.25) is 0 Å². The Morgan fingerprint density at radius 3 is 2.00 bits per heavy atom. The number of nitrogens with one attached hydrogen (secondary N) is 1. The first-order valence-electron chi connectivity index (χ1n) is 5.21. The van der Waals surface area contributed by atoms with Crippen molar-refractivity contribution < 1.29 is 0 Å². The standard InChI is InChI=1S/C12H15N/c1-2-4-10-6-12-8-13-7-11(12)5-9(10)3-1/h1-4,11-13H,5-8H2/t11-,12+. The van der Waals surface area contributed by atoms with E-state index in [1.54, 1.807) is 11.1 Å². The highest BCUT2D eigenvalue weighted by atomic mass is 14.9. The maximum Gasteiger partial charge on any atom is -0.00140 e. The SMILES string of the molecule is c1ccc2c(c1)C[C@H]1CNC[C@H]1C2. The predicted octanol–water partition coefficient (Wildman–Crippen LogP) is 1.62. The van der Waals surface area contributed by atoms with Crippen LogP contribution in [0, 0.1) is 11.8 Å². The highest BCUT2D eigenvalue weighted by Gasteiger charge is 2.31. The molecule has 0 saturated carbocycles. The van der Waals surface area contributed by atoms with Crippen LogP contribution in [0.25, 0.3) is 0 Å². The lowest BCUT2D eigenvalue weighted by atomic mass is 9.78. The molecule has 3 rings (SSSR count). The third-order valence-electron chi connectivity index (χ3n) is 3.56. The quantitative estimate of drug-likeness (QED) is 0.628. The molecule has 13 heavy (non-hydrogen) atoms. The zero-order valence-electron chi connectivity index (χ0n) is 7.79. The number of rotatable bonds is 0. The minimum absolute atomic E-state index is 0.912. The van der Waals surface area contributed by atoms with Crippen LogP contribution in [0.2, 0.25) is 0 Å². The van der Waals surface area contributed by atoms with Crippen LogP contribution >= 0.6 is 0 Å². The third kappa shape index (κ3) is 1.19. The van der Waals surface area contributed by atoms with Crippen molar-refractivity contribution in [3.8, 4) is 0 Å². The molecule has 0 aromatic heterocycles. The first-order valence-corrected chi connectivity index (χ1v) is 5.21. The smallest absolute Gasteiger partial charge is 0.00140 e. The molecule has 1 heterocycles. The van der Waals surface area contributed by atoms with Gasteiger partial charge >= 0.3 is 0 Å². The molecule has 2 atom stereocenters. The second kappa shape index (κ2) is 2.85. The monoisotopic (exact) mass is 173 g/mol. The van der Waals surface area contributed by atoms with E-state index in [0.717, 1.165) is 11.8 Å². The van der Waals surface area contributed by atoms with E-state index in [4.69, 9.17) is 0 Å². The molecule has 2 aliphatic rings. The van der Waals surface area contributed by atoms with Crippen molar-refractivity contribution in [1.29, 1.82) is 0 Å². The van der Waals surface area contributed by atoms with Gasteiger partial charge in [-0.2, -0.15) is 0 Å². The molecule has 1 N–H and O–H groups in total. The fraction of sp³-hybridized carbons (Fsp3) is 0.500. The number of benzene rings is 1. The Kier molecular flexibility index (Phi) is 1.66. The molecule has 1 heteroatoms. The zero-order valence-corrected chi connectivity index (χ0v) is 7.79. The summed E-state index contributed by atoms with van der Waals surface area (Å²) in [6.45, 7) is 2.47. The van der Waals surface area contributed by atoms with Crippen molar-refractivity contribution in [2.24, 2.45) is 11.8 Å². The van der Waals surface area contributed by atoms with Crippen molar-refractivity contribution in [1.82, 2.24) is 5.32 Å². The molecule has 1 aliphatic carbocycles. The largest absolute Gasteiger partial charge is 0.316 e. The van der Waals surface area contributed by atoms with Gasteiger partial charge in [0.15, 0.2) is 0 Å². The van der Waals surface area contributed by atoms with Crippen molar-refractivity contribution in [3.63, 3.8) is 0 Å². The third-order valence-corrected chi connectivity index (χ3v) is 3.56. The minimum atomic E-state index is 0.912. The van der Waals surface area contributed by atoms with Gasteiger partial charge in [0.1, 0.15) is 0 Å². The summed E-state index contributed by atoms with van der Waals surface area (Å²) in [6, 6.07) is 8.93. The molecular weight excluding hydrogens is 158 g/mol. The maximum absolute atomic E-state index is 3.50. The van der Waals surface area contributed by atoms with Crippen LogP contribution in [-0.4, -0.2) is 13.1 Å². The molecule has 1 saturated heterocycles. The van der Waals surface area contributed by atoms with E-state index in [0.29, 0.717) is 0 Å². The van der Waals surface area contributed by atoms with Gasteiger partial charge in [0.25, 0.3) is 0 Å². The fourth-order valence-corrected chi connectivity index (χ4v) is 2.79. The normalized spacial score (nSPS) is 31.1. The van der Waals surface area contributed by atoms with Gasteiger partial charge in [-0.3, -0.25) is 0 Å². The topological polar surface area (TPSA) is 12.0 Å². The van der Waals surface area contributed by atoms with Gasteiger partial charge < -0.3 is 5.32 Å². The molecule has 0 spiro atoms. The average Bonchev–Trinajstić information content (AvgIpc) is 2.61. The average molecular weight is 173 g/mol. The van der Waals surface area contributed by atoms with E-state index in [-0.39, 0.29) is 0 Å². The van der Waals surface area contributed by atoms with E-state index >= 15 is 0 Å². The van der Waals surface area contributed by atoms with Crippen LogP contribution in [0.4, 0.5) is 0 Å². The second-order valence-corrected chi connectivity index (χ2v) is 4.36. The summed E-state index contributed by atoms with van der Waals surface area (Å²) in [6.07, 6.45) is 2.60. The minimum Gasteiger partial charge on any atom is -0.316 e. The molecule has 1 nitrogen and oxygen atoms in total. The Morgan fingerprint density at radius 2 is 1.46 bits per heavy atom. The van der Waals surface area contributed by atoms with E-state index in [9.17, 15) is 0 Å². The zero-order chi connectivity index (χ0) is 8.67. The highest BCUT2D eigenvalue weighted by molar-refractivity contribution is 5.31. The summed E-state index contributed by atoms with van der Waals surface area (Å²) in [5.74, 6) is 1.82. The van der Waals surface area contributed by atoms with E-state index in [1.165, 1.54) is 25.9 Å². The number of fused-ring (bicyclic) bond motifs is 2. The first-order chi connectivity index (χ1) is 6.43. The lowest BCUT2D eigenvalue weighted by molar-refractivity contribution is 0.390. The highest BCUT2D eigenvalue weighted by Crippen LogP contribution is 2.31. The lowest BCUT2D eigenvalue weighted by Gasteiger charge is -2.26. The van der Waals surface area contributed by atoms with Crippen LogP contribution in [0.3, 0.4) is 0 Å². The van der Waals surface area contributed by atoms with E-state index < -0.39 is 0 Å². The van der Waals surface area contributed by atoms with Crippen LogP contribution < -0.4 is 5.32 Å². The Morgan fingerprint density at radius 1 is 0.923 bits per heavy atom. The predicted molar refractivity (Wildman–Crippen MR) is 53.7 cm³/mol. The summed E-state index contributed by atoms with van der Waals surface area (Å²) in [5, 5.41) is 3.50. The molecule has 1 aromatic carbocycles. The molecule has 1 aliphatic heterocycles. The Hall–Kier alpha value is -0.820. The van der Waals surface area contributed by atoms with E-state index in [2.05, 4.69) is 29.6 Å². The fourth-order valence-electron chi connectivity index (χ4n) is 2.79. The van der Waals surface area contributed by atoms with Gasteiger partial charge in [-0.05, 0) is 48.9 Å². The Balaban J connectivity index is 1.97. The number of hydrogen-bond acceptors (Lipinski definition) is 1. The van der Waals surface area contributed by atoms with Gasteiger partial charge in [0, 0.05) is 0 Å². The van der Waals surface area contributed by atoms with Gasteiger partial charge in [-0.1, -0.05) is 24.3 Å². The summed E-state index contributed by atoms with van der Waals surface area (Å²) in [7, 11) is 0. The van der Waals surface area contributed by atoms with Gasteiger partial charge in [-0.15, -0.1) is 0 Å². The van der Waals surface area contributed by atoms with Crippen LogP contribution in [-0.2, 0) is 12.8 Å². The summed E-state index contributed by atoms with van der Waals surface area (Å²) >= 11 is 0. The van der Waals surface area contributed by atoms with Crippen LogP contribution in [0.1, 0.15) is 11.1 Å². The summed E-state index contributed by atoms with van der Waals surface area (Å²) in [4.78, 5) is 0. The molecule has 68 valence electrons.